The molecule has 0 bridgehead atoms. The lowest BCUT2D eigenvalue weighted by Gasteiger charge is -2.37. The molecule has 1 heterocycles. The molecule has 0 unspecified atom stereocenters. The molecule has 0 saturated carbocycles. The summed E-state index contributed by atoms with van der Waals surface area (Å²) in [5, 5.41) is 0. The lowest BCUT2D eigenvalue weighted by atomic mass is 9.73. The summed E-state index contributed by atoms with van der Waals surface area (Å²) in [6.45, 7) is 10.3. The molecule has 0 aromatic rings. The molecule has 0 N–H and O–H groups in total. The van der Waals surface area contributed by atoms with Gasteiger partial charge in [-0.25, -0.2) is 0 Å². The number of hydrogen-bond acceptors (Lipinski definition) is 1. The Labute approximate surface area is 69.4 Å². The van der Waals surface area contributed by atoms with Gasteiger partial charge >= 0.3 is 0 Å². The molecule has 1 rings (SSSR count). The molecule has 0 aliphatic carbocycles. The molecule has 1 nitrogen and oxygen atoms in total. The Balaban J connectivity index is 2.64. The van der Waals surface area contributed by atoms with E-state index in [1.807, 2.05) is 0 Å². The second kappa shape index (κ2) is 3.40. The predicted octanol–water partition coefficient (Wildman–Crippen LogP) is 2.77. The van der Waals surface area contributed by atoms with Crippen molar-refractivity contribution in [3.63, 3.8) is 0 Å². The van der Waals surface area contributed by atoms with Gasteiger partial charge in [-0.3, -0.25) is 0 Å². The van der Waals surface area contributed by atoms with E-state index in [1.165, 1.54) is 24.8 Å². The van der Waals surface area contributed by atoms with Crippen molar-refractivity contribution < 1.29 is 4.74 Å². The molecule has 0 atom stereocenters. The Morgan fingerprint density at radius 3 is 2.27 bits per heavy atom. The van der Waals surface area contributed by atoms with Gasteiger partial charge in [-0.15, -0.1) is 0 Å². The van der Waals surface area contributed by atoms with E-state index in [-0.39, 0.29) is 0 Å². The minimum absolute atomic E-state index is 0.401. The minimum Gasteiger partial charge on any atom is -0.381 e. The Hall–Kier alpha value is -0.300. The summed E-state index contributed by atoms with van der Waals surface area (Å²) in [6, 6.07) is 0. The molecule has 11 heavy (non-hydrogen) atoms. The second-order valence-electron chi connectivity index (χ2n) is 3.53. The highest BCUT2D eigenvalue weighted by molar-refractivity contribution is 5.07. The summed E-state index contributed by atoms with van der Waals surface area (Å²) in [5.74, 6) is 0. The molecule has 64 valence electrons. The van der Waals surface area contributed by atoms with E-state index in [2.05, 4.69) is 20.4 Å². The smallest absolute Gasteiger partial charge is 0.0474 e. The van der Waals surface area contributed by atoms with Gasteiger partial charge in [0, 0.05) is 13.2 Å². The van der Waals surface area contributed by atoms with Crippen LogP contribution in [0, 0.1) is 5.41 Å². The van der Waals surface area contributed by atoms with Crippen LogP contribution in [-0.2, 0) is 4.74 Å². The highest BCUT2D eigenvalue weighted by Gasteiger charge is 2.30. The average molecular weight is 154 g/mol. The third-order valence-electron chi connectivity index (χ3n) is 3.03. The maximum Gasteiger partial charge on any atom is 0.0474 e. The Kier molecular flexibility index (Phi) is 2.72. The first kappa shape index (κ1) is 8.79. The van der Waals surface area contributed by atoms with Crippen LogP contribution < -0.4 is 0 Å². The Bertz CT molecular complexity index is 143. The topological polar surface area (TPSA) is 9.23 Å². The lowest BCUT2D eigenvalue weighted by molar-refractivity contribution is 0.0306. The molecule has 0 spiro atoms. The van der Waals surface area contributed by atoms with Crippen molar-refractivity contribution in [3.05, 3.63) is 12.2 Å². The van der Waals surface area contributed by atoms with E-state index in [0.717, 1.165) is 13.2 Å². The normalized spacial score (nSPS) is 23.1. The van der Waals surface area contributed by atoms with Gasteiger partial charge in [-0.1, -0.05) is 19.1 Å². The molecule has 1 aliphatic rings. The van der Waals surface area contributed by atoms with E-state index in [9.17, 15) is 0 Å². The fourth-order valence-electron chi connectivity index (χ4n) is 1.84. The van der Waals surface area contributed by atoms with Crippen molar-refractivity contribution in [2.24, 2.45) is 5.41 Å². The van der Waals surface area contributed by atoms with Gasteiger partial charge in [-0.05, 0) is 31.6 Å². The third kappa shape index (κ3) is 1.64. The highest BCUT2D eigenvalue weighted by Crippen LogP contribution is 2.39. The lowest BCUT2D eigenvalue weighted by Crippen LogP contribution is -2.29. The van der Waals surface area contributed by atoms with Crippen molar-refractivity contribution in [2.75, 3.05) is 13.2 Å². The first-order valence-electron chi connectivity index (χ1n) is 4.45. The number of allylic oxidation sites excluding steroid dienone is 1. The quantitative estimate of drug-likeness (QED) is 0.556. The van der Waals surface area contributed by atoms with Crippen LogP contribution in [0.5, 0.6) is 0 Å². The molecule has 1 fully saturated rings. The molecule has 1 aliphatic heterocycles. The monoisotopic (exact) mass is 154 g/mol. The summed E-state index contributed by atoms with van der Waals surface area (Å²) in [4.78, 5) is 0. The Morgan fingerprint density at radius 2 is 2.00 bits per heavy atom. The molecule has 0 aromatic heterocycles. The van der Waals surface area contributed by atoms with Gasteiger partial charge in [0.1, 0.15) is 0 Å². The van der Waals surface area contributed by atoms with Gasteiger partial charge in [-0.2, -0.15) is 0 Å². The first-order valence-corrected chi connectivity index (χ1v) is 4.45. The van der Waals surface area contributed by atoms with Crippen LogP contribution in [0.1, 0.15) is 33.1 Å². The second-order valence-corrected chi connectivity index (χ2v) is 3.53. The van der Waals surface area contributed by atoms with Crippen molar-refractivity contribution >= 4 is 0 Å². The molecule has 1 heteroatoms. The van der Waals surface area contributed by atoms with Crippen LogP contribution in [0.3, 0.4) is 0 Å². The van der Waals surface area contributed by atoms with E-state index in [1.54, 1.807) is 0 Å². The summed E-state index contributed by atoms with van der Waals surface area (Å²) in [6.07, 6.45) is 3.54. The maximum absolute atomic E-state index is 5.34. The van der Waals surface area contributed by atoms with E-state index >= 15 is 0 Å². The first-order chi connectivity index (χ1) is 5.21. The van der Waals surface area contributed by atoms with E-state index in [4.69, 9.17) is 4.74 Å². The predicted molar refractivity (Wildman–Crippen MR) is 47.6 cm³/mol. The van der Waals surface area contributed by atoms with Crippen LogP contribution in [0.25, 0.3) is 0 Å². The number of ether oxygens (including phenoxy) is 1. The summed E-state index contributed by atoms with van der Waals surface area (Å²) < 4.78 is 5.34. The largest absolute Gasteiger partial charge is 0.381 e. The molecular weight excluding hydrogens is 136 g/mol. The fourth-order valence-corrected chi connectivity index (χ4v) is 1.84. The Morgan fingerprint density at radius 1 is 1.45 bits per heavy atom. The SMILES string of the molecule is C=C(C)C1(CC)CCOCC1. The molecule has 0 radical (unpaired) electrons. The molecular formula is C10H18O. The third-order valence-corrected chi connectivity index (χ3v) is 3.03. The van der Waals surface area contributed by atoms with Crippen LogP contribution >= 0.6 is 0 Å². The van der Waals surface area contributed by atoms with Crippen molar-refractivity contribution in [1.29, 1.82) is 0 Å². The zero-order chi connectivity index (χ0) is 8.32. The van der Waals surface area contributed by atoms with Gasteiger partial charge in [0.2, 0.25) is 0 Å². The summed E-state index contributed by atoms with van der Waals surface area (Å²) in [7, 11) is 0. The van der Waals surface area contributed by atoms with Crippen molar-refractivity contribution in [3.8, 4) is 0 Å². The highest BCUT2D eigenvalue weighted by atomic mass is 16.5. The van der Waals surface area contributed by atoms with Crippen LogP contribution in [0.4, 0.5) is 0 Å². The molecule has 0 amide bonds. The van der Waals surface area contributed by atoms with Gasteiger partial charge in [0.15, 0.2) is 0 Å². The average Bonchev–Trinajstić information content (AvgIpc) is 2.05. The van der Waals surface area contributed by atoms with Crippen LogP contribution in [0.2, 0.25) is 0 Å². The van der Waals surface area contributed by atoms with E-state index in [0.29, 0.717) is 5.41 Å². The van der Waals surface area contributed by atoms with Crippen LogP contribution in [-0.4, -0.2) is 13.2 Å². The summed E-state index contributed by atoms with van der Waals surface area (Å²) >= 11 is 0. The fraction of sp³-hybridized carbons (Fsp3) is 0.800. The van der Waals surface area contributed by atoms with Crippen molar-refractivity contribution in [2.45, 2.75) is 33.1 Å². The zero-order valence-corrected chi connectivity index (χ0v) is 7.65. The molecule has 1 saturated heterocycles. The van der Waals surface area contributed by atoms with Gasteiger partial charge in [0.25, 0.3) is 0 Å². The van der Waals surface area contributed by atoms with E-state index < -0.39 is 0 Å². The molecule has 0 aromatic carbocycles. The van der Waals surface area contributed by atoms with Gasteiger partial charge in [0.05, 0.1) is 0 Å². The maximum atomic E-state index is 5.34. The minimum atomic E-state index is 0.401. The number of hydrogen-bond donors (Lipinski definition) is 0. The number of rotatable bonds is 2. The van der Waals surface area contributed by atoms with Crippen LogP contribution in [0.15, 0.2) is 12.2 Å². The standard InChI is InChI=1S/C10H18O/c1-4-10(9(2)3)5-7-11-8-6-10/h2,4-8H2,1,3H3. The summed E-state index contributed by atoms with van der Waals surface area (Å²) in [5.41, 5.74) is 1.74. The van der Waals surface area contributed by atoms with Gasteiger partial charge < -0.3 is 4.74 Å². The zero-order valence-electron chi connectivity index (χ0n) is 7.65. The van der Waals surface area contributed by atoms with Crippen molar-refractivity contribution in [1.82, 2.24) is 0 Å².